The van der Waals surface area contributed by atoms with E-state index in [1.165, 1.54) is 11.1 Å². The van der Waals surface area contributed by atoms with Gasteiger partial charge in [0.25, 0.3) is 0 Å². The lowest BCUT2D eigenvalue weighted by molar-refractivity contribution is 0.189. The van der Waals surface area contributed by atoms with Crippen LogP contribution in [0.25, 0.3) is 0 Å². The lowest BCUT2D eigenvalue weighted by Gasteiger charge is -2.17. The van der Waals surface area contributed by atoms with Gasteiger partial charge in [-0.1, -0.05) is 38.1 Å². The molecule has 1 aromatic carbocycles. The summed E-state index contributed by atoms with van der Waals surface area (Å²) < 4.78 is 5.12. The standard InChI is InChI=1S/C16H27NO/c1-13(2)11-14-7-5-8-15(12-14)16(17-3)9-6-10-18-4/h5,7-8,12-13,16-17H,6,9-11H2,1-4H3. The fraction of sp³-hybridized carbons (Fsp3) is 0.625. The SMILES string of the molecule is CNC(CCCOC)c1cccc(CC(C)C)c1. The quantitative estimate of drug-likeness (QED) is 0.711. The molecule has 1 rings (SSSR count). The minimum absolute atomic E-state index is 0.437. The average Bonchev–Trinajstić information content (AvgIpc) is 2.34. The van der Waals surface area contributed by atoms with Gasteiger partial charge in [-0.2, -0.15) is 0 Å². The lowest BCUT2D eigenvalue weighted by Crippen LogP contribution is -2.17. The molecule has 0 radical (unpaired) electrons. The predicted octanol–water partition coefficient (Wildman–Crippen LogP) is 3.57. The van der Waals surface area contributed by atoms with E-state index in [-0.39, 0.29) is 0 Å². The number of methoxy groups -OCH3 is 1. The van der Waals surface area contributed by atoms with Crippen molar-refractivity contribution in [2.24, 2.45) is 5.92 Å². The smallest absolute Gasteiger partial charge is 0.0462 e. The molecule has 1 unspecified atom stereocenters. The molecule has 0 heterocycles. The molecule has 0 bridgehead atoms. The van der Waals surface area contributed by atoms with Gasteiger partial charge in [0, 0.05) is 19.8 Å². The molecule has 2 nitrogen and oxygen atoms in total. The Kier molecular flexibility index (Phi) is 6.99. The molecule has 1 aromatic rings. The van der Waals surface area contributed by atoms with Crippen LogP contribution in [0.5, 0.6) is 0 Å². The number of nitrogens with one attached hydrogen (secondary N) is 1. The molecule has 0 amide bonds. The van der Waals surface area contributed by atoms with Gasteiger partial charge in [0.2, 0.25) is 0 Å². The zero-order valence-corrected chi connectivity index (χ0v) is 12.2. The Hall–Kier alpha value is -0.860. The van der Waals surface area contributed by atoms with Crippen molar-refractivity contribution in [1.29, 1.82) is 0 Å². The third-order valence-corrected chi connectivity index (χ3v) is 3.19. The van der Waals surface area contributed by atoms with E-state index in [9.17, 15) is 0 Å². The summed E-state index contributed by atoms with van der Waals surface area (Å²) in [6.45, 7) is 5.37. The monoisotopic (exact) mass is 249 g/mol. The first-order chi connectivity index (χ1) is 8.67. The summed E-state index contributed by atoms with van der Waals surface area (Å²) in [5.41, 5.74) is 2.83. The highest BCUT2D eigenvalue weighted by atomic mass is 16.5. The fourth-order valence-electron chi connectivity index (χ4n) is 2.32. The van der Waals surface area contributed by atoms with Gasteiger partial charge >= 0.3 is 0 Å². The predicted molar refractivity (Wildman–Crippen MR) is 77.9 cm³/mol. The van der Waals surface area contributed by atoms with E-state index in [1.54, 1.807) is 7.11 Å². The molecule has 0 aliphatic rings. The summed E-state index contributed by atoms with van der Waals surface area (Å²) in [5.74, 6) is 0.710. The maximum absolute atomic E-state index is 5.12. The van der Waals surface area contributed by atoms with Crippen molar-refractivity contribution in [1.82, 2.24) is 5.32 Å². The molecule has 0 fully saturated rings. The van der Waals surface area contributed by atoms with Crippen molar-refractivity contribution in [3.8, 4) is 0 Å². The van der Waals surface area contributed by atoms with Crippen molar-refractivity contribution >= 4 is 0 Å². The maximum Gasteiger partial charge on any atom is 0.0462 e. The minimum Gasteiger partial charge on any atom is -0.385 e. The van der Waals surface area contributed by atoms with Gasteiger partial charge in [-0.15, -0.1) is 0 Å². The molecule has 2 heteroatoms. The zero-order chi connectivity index (χ0) is 13.4. The van der Waals surface area contributed by atoms with E-state index < -0.39 is 0 Å². The van der Waals surface area contributed by atoms with Crippen LogP contribution < -0.4 is 5.32 Å². The van der Waals surface area contributed by atoms with Gasteiger partial charge in [0.15, 0.2) is 0 Å². The van der Waals surface area contributed by atoms with Gasteiger partial charge in [0.05, 0.1) is 0 Å². The second kappa shape index (κ2) is 8.28. The number of hydrogen-bond donors (Lipinski definition) is 1. The summed E-state index contributed by atoms with van der Waals surface area (Å²) in [6.07, 6.45) is 3.37. The fourth-order valence-corrected chi connectivity index (χ4v) is 2.32. The van der Waals surface area contributed by atoms with Crippen molar-refractivity contribution in [2.75, 3.05) is 20.8 Å². The van der Waals surface area contributed by atoms with Crippen LogP contribution in [0.2, 0.25) is 0 Å². The van der Waals surface area contributed by atoms with E-state index in [1.807, 2.05) is 7.05 Å². The number of ether oxygens (including phenoxy) is 1. The van der Waals surface area contributed by atoms with Gasteiger partial charge in [-0.3, -0.25) is 0 Å². The van der Waals surface area contributed by atoms with Crippen LogP contribution >= 0.6 is 0 Å². The molecule has 0 spiro atoms. The normalized spacial score (nSPS) is 12.9. The van der Waals surface area contributed by atoms with Crippen LogP contribution in [0, 0.1) is 5.92 Å². The molecule has 0 saturated carbocycles. The van der Waals surface area contributed by atoms with E-state index in [0.29, 0.717) is 12.0 Å². The van der Waals surface area contributed by atoms with E-state index >= 15 is 0 Å². The Labute approximate surface area is 112 Å². The third kappa shape index (κ3) is 5.19. The molecule has 102 valence electrons. The highest BCUT2D eigenvalue weighted by Crippen LogP contribution is 2.20. The van der Waals surface area contributed by atoms with E-state index in [2.05, 4.69) is 43.4 Å². The van der Waals surface area contributed by atoms with Crippen LogP contribution in [0.4, 0.5) is 0 Å². The zero-order valence-electron chi connectivity index (χ0n) is 12.2. The number of hydrogen-bond acceptors (Lipinski definition) is 2. The molecular formula is C16H27NO. The molecule has 1 N–H and O–H groups in total. The second-order valence-electron chi connectivity index (χ2n) is 5.32. The Balaban J connectivity index is 2.66. The first kappa shape index (κ1) is 15.2. The average molecular weight is 249 g/mol. The van der Waals surface area contributed by atoms with Crippen LogP contribution in [0.3, 0.4) is 0 Å². The molecule has 0 aliphatic carbocycles. The molecule has 0 aromatic heterocycles. The highest BCUT2D eigenvalue weighted by molar-refractivity contribution is 5.26. The van der Waals surface area contributed by atoms with Crippen molar-refractivity contribution in [3.05, 3.63) is 35.4 Å². The van der Waals surface area contributed by atoms with Gasteiger partial charge < -0.3 is 10.1 Å². The summed E-state index contributed by atoms with van der Waals surface area (Å²) >= 11 is 0. The topological polar surface area (TPSA) is 21.3 Å². The Morgan fingerprint density at radius 2 is 2.06 bits per heavy atom. The van der Waals surface area contributed by atoms with Crippen molar-refractivity contribution in [3.63, 3.8) is 0 Å². The lowest BCUT2D eigenvalue weighted by atomic mass is 9.96. The van der Waals surface area contributed by atoms with Gasteiger partial charge in [-0.05, 0) is 43.4 Å². The maximum atomic E-state index is 5.12. The van der Waals surface area contributed by atoms with Gasteiger partial charge in [-0.25, -0.2) is 0 Å². The Morgan fingerprint density at radius 3 is 2.67 bits per heavy atom. The summed E-state index contributed by atoms with van der Waals surface area (Å²) in [6, 6.07) is 9.40. The van der Waals surface area contributed by atoms with Crippen LogP contribution in [0.15, 0.2) is 24.3 Å². The van der Waals surface area contributed by atoms with Gasteiger partial charge in [0.1, 0.15) is 0 Å². The van der Waals surface area contributed by atoms with Crippen LogP contribution in [-0.2, 0) is 11.2 Å². The molecule has 0 aliphatic heterocycles. The second-order valence-corrected chi connectivity index (χ2v) is 5.32. The third-order valence-electron chi connectivity index (χ3n) is 3.19. The molecule has 1 atom stereocenters. The largest absolute Gasteiger partial charge is 0.385 e. The van der Waals surface area contributed by atoms with Crippen LogP contribution in [-0.4, -0.2) is 20.8 Å². The summed E-state index contributed by atoms with van der Waals surface area (Å²) in [4.78, 5) is 0. The Morgan fingerprint density at radius 1 is 1.28 bits per heavy atom. The van der Waals surface area contributed by atoms with Crippen molar-refractivity contribution < 1.29 is 4.74 Å². The molecule has 0 saturated heterocycles. The number of benzene rings is 1. The first-order valence-electron chi connectivity index (χ1n) is 6.92. The van der Waals surface area contributed by atoms with Crippen molar-refractivity contribution in [2.45, 2.75) is 39.2 Å². The highest BCUT2D eigenvalue weighted by Gasteiger charge is 2.09. The molecule has 18 heavy (non-hydrogen) atoms. The molecular weight excluding hydrogens is 222 g/mol. The summed E-state index contributed by atoms with van der Waals surface area (Å²) in [5, 5.41) is 3.40. The first-order valence-corrected chi connectivity index (χ1v) is 6.92. The summed E-state index contributed by atoms with van der Waals surface area (Å²) in [7, 11) is 3.80. The minimum atomic E-state index is 0.437. The number of rotatable bonds is 8. The Bertz CT molecular complexity index is 336. The van der Waals surface area contributed by atoms with E-state index in [4.69, 9.17) is 4.74 Å². The van der Waals surface area contributed by atoms with E-state index in [0.717, 1.165) is 25.9 Å². The van der Waals surface area contributed by atoms with Crippen LogP contribution in [0.1, 0.15) is 43.9 Å².